The molecule has 0 aromatic carbocycles. The third kappa shape index (κ3) is 3.20. The van der Waals surface area contributed by atoms with Gasteiger partial charge in [0.2, 0.25) is 5.89 Å². The molecule has 5 heteroatoms. The Hall–Kier alpha value is -1.10. The lowest BCUT2D eigenvalue weighted by Crippen LogP contribution is -2.22. The number of hydrogen-bond acceptors (Lipinski definition) is 5. The van der Waals surface area contributed by atoms with Crippen molar-refractivity contribution in [2.75, 3.05) is 11.9 Å². The van der Waals surface area contributed by atoms with Gasteiger partial charge in [-0.05, 0) is 18.8 Å². The maximum atomic E-state index is 5.46. The number of nitrogens with one attached hydrogen (secondary N) is 2. The molecule has 2 N–H and O–H groups in total. The molecule has 1 heterocycles. The molecule has 0 atom stereocenters. The molecular weight excluding hydrogens is 204 g/mol. The van der Waals surface area contributed by atoms with Crippen LogP contribution in [-0.2, 0) is 6.54 Å². The zero-order valence-corrected chi connectivity index (χ0v) is 9.99. The van der Waals surface area contributed by atoms with Crippen molar-refractivity contribution >= 4 is 6.01 Å². The molecule has 5 nitrogen and oxygen atoms in total. The van der Waals surface area contributed by atoms with Gasteiger partial charge in [-0.2, -0.15) is 0 Å². The Morgan fingerprint density at radius 3 is 2.81 bits per heavy atom. The highest BCUT2D eigenvalue weighted by Gasteiger charge is 2.17. The van der Waals surface area contributed by atoms with E-state index in [1.807, 2.05) is 0 Å². The summed E-state index contributed by atoms with van der Waals surface area (Å²) in [6, 6.07) is 0.978. The lowest BCUT2D eigenvalue weighted by molar-refractivity contribution is 0.330. The van der Waals surface area contributed by atoms with Crippen LogP contribution in [0.15, 0.2) is 4.42 Å². The second-order valence-electron chi connectivity index (χ2n) is 4.71. The molecule has 1 fully saturated rings. The van der Waals surface area contributed by atoms with Gasteiger partial charge in [0, 0.05) is 12.6 Å². The second-order valence-corrected chi connectivity index (χ2v) is 4.71. The Balaban J connectivity index is 1.73. The Morgan fingerprint density at radius 2 is 2.19 bits per heavy atom. The first kappa shape index (κ1) is 11.4. The molecule has 1 aromatic rings. The first-order chi connectivity index (χ1) is 7.74. The van der Waals surface area contributed by atoms with Crippen LogP contribution in [0.25, 0.3) is 0 Å². The van der Waals surface area contributed by atoms with E-state index in [1.54, 1.807) is 0 Å². The Bertz CT molecular complexity index is 320. The van der Waals surface area contributed by atoms with Gasteiger partial charge >= 0.3 is 6.01 Å². The lowest BCUT2D eigenvalue weighted by atomic mass is 9.85. The summed E-state index contributed by atoms with van der Waals surface area (Å²) in [5, 5.41) is 14.3. The maximum Gasteiger partial charge on any atom is 0.315 e. The molecule has 2 rings (SSSR count). The van der Waals surface area contributed by atoms with Crippen LogP contribution >= 0.6 is 0 Å². The summed E-state index contributed by atoms with van der Waals surface area (Å²) in [5.74, 6) is 1.44. The zero-order chi connectivity index (χ0) is 11.4. The van der Waals surface area contributed by atoms with E-state index in [1.165, 1.54) is 19.3 Å². The molecule has 0 amide bonds. The van der Waals surface area contributed by atoms with Crippen molar-refractivity contribution in [3.05, 3.63) is 5.89 Å². The standard InChI is InChI=1S/C11H20N4O/c1-8(2)12-7-10-14-15-11(16-10)13-6-9-4-3-5-9/h8-9,12H,3-7H2,1-2H3,(H,13,15). The van der Waals surface area contributed by atoms with Crippen LogP contribution in [0.1, 0.15) is 39.0 Å². The highest BCUT2D eigenvalue weighted by molar-refractivity contribution is 5.17. The predicted molar refractivity (Wildman–Crippen MR) is 62.1 cm³/mol. The van der Waals surface area contributed by atoms with Crippen LogP contribution in [0.4, 0.5) is 6.01 Å². The topological polar surface area (TPSA) is 63.0 Å². The van der Waals surface area contributed by atoms with E-state index in [0.29, 0.717) is 24.5 Å². The quantitative estimate of drug-likeness (QED) is 0.771. The van der Waals surface area contributed by atoms with Crippen LogP contribution in [-0.4, -0.2) is 22.8 Å². The van der Waals surface area contributed by atoms with Crippen LogP contribution in [0.2, 0.25) is 0 Å². The van der Waals surface area contributed by atoms with Crippen LogP contribution in [0.5, 0.6) is 0 Å². The SMILES string of the molecule is CC(C)NCc1nnc(NCC2CCC2)o1. The fraction of sp³-hybridized carbons (Fsp3) is 0.818. The molecule has 0 unspecified atom stereocenters. The van der Waals surface area contributed by atoms with Gasteiger partial charge in [-0.3, -0.25) is 0 Å². The average Bonchev–Trinajstić information content (AvgIpc) is 2.60. The molecule has 0 radical (unpaired) electrons. The van der Waals surface area contributed by atoms with E-state index in [2.05, 4.69) is 34.7 Å². The van der Waals surface area contributed by atoms with Crippen molar-refractivity contribution < 1.29 is 4.42 Å². The van der Waals surface area contributed by atoms with Gasteiger partial charge in [-0.25, -0.2) is 0 Å². The predicted octanol–water partition coefficient (Wildman–Crippen LogP) is 1.78. The Kier molecular flexibility index (Phi) is 3.77. The fourth-order valence-electron chi connectivity index (χ4n) is 1.62. The highest BCUT2D eigenvalue weighted by Crippen LogP contribution is 2.26. The summed E-state index contributed by atoms with van der Waals surface area (Å²) in [7, 11) is 0. The molecule has 1 aliphatic rings. The smallest absolute Gasteiger partial charge is 0.315 e. The summed E-state index contributed by atoms with van der Waals surface area (Å²) < 4.78 is 5.46. The van der Waals surface area contributed by atoms with Crippen LogP contribution < -0.4 is 10.6 Å². The average molecular weight is 224 g/mol. The zero-order valence-electron chi connectivity index (χ0n) is 9.99. The Labute approximate surface area is 96.0 Å². The monoisotopic (exact) mass is 224 g/mol. The van der Waals surface area contributed by atoms with Crippen molar-refractivity contribution in [2.45, 2.75) is 45.7 Å². The summed E-state index contributed by atoms with van der Waals surface area (Å²) >= 11 is 0. The molecule has 90 valence electrons. The number of rotatable bonds is 6. The normalized spacial score (nSPS) is 16.4. The molecule has 16 heavy (non-hydrogen) atoms. The van der Waals surface area contributed by atoms with Crippen molar-refractivity contribution in [2.24, 2.45) is 5.92 Å². The van der Waals surface area contributed by atoms with Gasteiger partial charge in [-0.15, -0.1) is 5.10 Å². The number of aromatic nitrogens is 2. The van der Waals surface area contributed by atoms with Gasteiger partial charge in [0.05, 0.1) is 6.54 Å². The van der Waals surface area contributed by atoms with Crippen molar-refractivity contribution in [1.82, 2.24) is 15.5 Å². The van der Waals surface area contributed by atoms with Crippen LogP contribution in [0, 0.1) is 5.92 Å². The van der Waals surface area contributed by atoms with Crippen molar-refractivity contribution in [1.29, 1.82) is 0 Å². The molecule has 0 bridgehead atoms. The number of hydrogen-bond donors (Lipinski definition) is 2. The molecule has 1 aromatic heterocycles. The van der Waals surface area contributed by atoms with E-state index in [4.69, 9.17) is 4.42 Å². The Morgan fingerprint density at radius 1 is 1.38 bits per heavy atom. The van der Waals surface area contributed by atoms with Gasteiger partial charge in [0.25, 0.3) is 0 Å². The summed E-state index contributed by atoms with van der Waals surface area (Å²) in [6.07, 6.45) is 4.01. The minimum absolute atomic E-state index is 0.429. The van der Waals surface area contributed by atoms with Crippen molar-refractivity contribution in [3.63, 3.8) is 0 Å². The van der Waals surface area contributed by atoms with E-state index >= 15 is 0 Å². The molecule has 0 aliphatic heterocycles. The minimum Gasteiger partial charge on any atom is -0.407 e. The summed E-state index contributed by atoms with van der Waals surface area (Å²) in [5.41, 5.74) is 0. The number of nitrogens with zero attached hydrogens (tertiary/aromatic N) is 2. The van der Waals surface area contributed by atoms with E-state index in [0.717, 1.165) is 12.5 Å². The molecule has 1 aliphatic carbocycles. The van der Waals surface area contributed by atoms with Gasteiger partial charge in [-0.1, -0.05) is 25.4 Å². The number of anilines is 1. The van der Waals surface area contributed by atoms with Crippen molar-refractivity contribution in [3.8, 4) is 0 Å². The van der Waals surface area contributed by atoms with Gasteiger partial charge in [0.15, 0.2) is 0 Å². The second kappa shape index (κ2) is 5.30. The van der Waals surface area contributed by atoms with Gasteiger partial charge in [0.1, 0.15) is 0 Å². The molecular formula is C11H20N4O. The van der Waals surface area contributed by atoms with E-state index in [9.17, 15) is 0 Å². The van der Waals surface area contributed by atoms with E-state index < -0.39 is 0 Å². The largest absolute Gasteiger partial charge is 0.407 e. The summed E-state index contributed by atoms with van der Waals surface area (Å²) in [6.45, 7) is 5.77. The fourth-order valence-corrected chi connectivity index (χ4v) is 1.62. The minimum atomic E-state index is 0.429. The van der Waals surface area contributed by atoms with E-state index in [-0.39, 0.29) is 0 Å². The first-order valence-corrected chi connectivity index (χ1v) is 6.03. The summed E-state index contributed by atoms with van der Waals surface area (Å²) in [4.78, 5) is 0. The molecule has 0 saturated heterocycles. The third-order valence-electron chi connectivity index (χ3n) is 2.90. The van der Waals surface area contributed by atoms with Crippen LogP contribution in [0.3, 0.4) is 0 Å². The maximum absolute atomic E-state index is 5.46. The molecule has 0 spiro atoms. The third-order valence-corrected chi connectivity index (χ3v) is 2.90. The first-order valence-electron chi connectivity index (χ1n) is 6.03. The highest BCUT2D eigenvalue weighted by atomic mass is 16.4. The van der Waals surface area contributed by atoms with Gasteiger partial charge < -0.3 is 15.1 Å². The molecule has 1 saturated carbocycles. The lowest BCUT2D eigenvalue weighted by Gasteiger charge is -2.24.